The Labute approximate surface area is 58.9 Å². The van der Waals surface area contributed by atoms with Gasteiger partial charge in [-0.3, -0.25) is 5.84 Å². The standard InChI is InChI=1S/C6H10N2S/c1-8(7)5-6-3-2-4-9-6/h2-4H,5,7H2,1H3. The lowest BCUT2D eigenvalue weighted by Crippen LogP contribution is -2.24. The monoisotopic (exact) mass is 142 g/mol. The molecule has 9 heavy (non-hydrogen) atoms. The first kappa shape index (κ1) is 6.74. The fraction of sp³-hybridized carbons (Fsp3) is 0.333. The van der Waals surface area contributed by atoms with Gasteiger partial charge in [0.05, 0.1) is 0 Å². The molecule has 0 fully saturated rings. The van der Waals surface area contributed by atoms with E-state index >= 15 is 0 Å². The van der Waals surface area contributed by atoms with Gasteiger partial charge in [-0.15, -0.1) is 11.3 Å². The number of hydrazine groups is 1. The lowest BCUT2D eigenvalue weighted by atomic mass is 10.5. The first-order valence-electron chi connectivity index (χ1n) is 2.77. The van der Waals surface area contributed by atoms with Crippen molar-refractivity contribution in [3.05, 3.63) is 22.4 Å². The molecular weight excluding hydrogens is 132 g/mol. The Balaban J connectivity index is 2.48. The molecule has 50 valence electrons. The molecule has 0 bridgehead atoms. The highest BCUT2D eigenvalue weighted by atomic mass is 32.1. The number of hydrogen-bond acceptors (Lipinski definition) is 3. The molecule has 0 aliphatic rings. The summed E-state index contributed by atoms with van der Waals surface area (Å²) in [5, 5.41) is 3.73. The highest BCUT2D eigenvalue weighted by Crippen LogP contribution is 2.08. The van der Waals surface area contributed by atoms with Crippen LogP contribution in [-0.4, -0.2) is 12.1 Å². The minimum Gasteiger partial charge on any atom is -0.269 e. The van der Waals surface area contributed by atoms with Crippen LogP contribution in [0.1, 0.15) is 4.88 Å². The normalized spacial score (nSPS) is 10.6. The van der Waals surface area contributed by atoms with Crippen molar-refractivity contribution in [3.63, 3.8) is 0 Å². The Bertz CT molecular complexity index is 158. The molecule has 1 aromatic heterocycles. The SMILES string of the molecule is CN(N)Cc1cccs1. The molecule has 3 heteroatoms. The van der Waals surface area contributed by atoms with Gasteiger partial charge in [-0.05, 0) is 11.4 Å². The number of nitrogens with zero attached hydrogens (tertiary/aromatic N) is 1. The van der Waals surface area contributed by atoms with E-state index in [-0.39, 0.29) is 0 Å². The molecule has 0 amide bonds. The fourth-order valence-corrected chi connectivity index (χ4v) is 1.42. The van der Waals surface area contributed by atoms with E-state index in [9.17, 15) is 0 Å². The number of thiophene rings is 1. The summed E-state index contributed by atoms with van der Waals surface area (Å²) in [7, 11) is 1.86. The van der Waals surface area contributed by atoms with Crippen LogP contribution in [0.15, 0.2) is 17.5 Å². The van der Waals surface area contributed by atoms with Crippen LogP contribution >= 0.6 is 11.3 Å². The summed E-state index contributed by atoms with van der Waals surface area (Å²) < 4.78 is 0. The summed E-state index contributed by atoms with van der Waals surface area (Å²) in [5.41, 5.74) is 0. The van der Waals surface area contributed by atoms with Crippen LogP contribution in [0.5, 0.6) is 0 Å². The van der Waals surface area contributed by atoms with Gasteiger partial charge in [-0.25, -0.2) is 5.01 Å². The third-order valence-electron chi connectivity index (χ3n) is 0.985. The van der Waals surface area contributed by atoms with Gasteiger partial charge in [-0.2, -0.15) is 0 Å². The summed E-state index contributed by atoms with van der Waals surface area (Å²) in [6.45, 7) is 0.845. The second kappa shape index (κ2) is 2.96. The molecule has 0 atom stereocenters. The predicted molar refractivity (Wildman–Crippen MR) is 40.0 cm³/mol. The Morgan fingerprint density at radius 1 is 1.78 bits per heavy atom. The lowest BCUT2D eigenvalue weighted by Gasteiger charge is -2.05. The number of nitrogens with two attached hydrogens (primary N) is 1. The van der Waals surface area contributed by atoms with Crippen molar-refractivity contribution in [3.8, 4) is 0 Å². The largest absolute Gasteiger partial charge is 0.269 e. The molecule has 1 rings (SSSR count). The second-order valence-corrected chi connectivity index (χ2v) is 3.03. The summed E-state index contributed by atoms with van der Waals surface area (Å²) in [6, 6.07) is 4.11. The minimum absolute atomic E-state index is 0.845. The first-order chi connectivity index (χ1) is 4.29. The molecule has 2 nitrogen and oxygen atoms in total. The van der Waals surface area contributed by atoms with E-state index in [4.69, 9.17) is 5.84 Å². The molecule has 0 unspecified atom stereocenters. The van der Waals surface area contributed by atoms with Gasteiger partial charge in [0.15, 0.2) is 0 Å². The summed E-state index contributed by atoms with van der Waals surface area (Å²) in [4.78, 5) is 1.31. The average molecular weight is 142 g/mol. The van der Waals surface area contributed by atoms with Gasteiger partial charge in [0.2, 0.25) is 0 Å². The molecule has 0 aliphatic carbocycles. The van der Waals surface area contributed by atoms with E-state index < -0.39 is 0 Å². The van der Waals surface area contributed by atoms with Crippen LogP contribution in [0.3, 0.4) is 0 Å². The van der Waals surface area contributed by atoms with Crippen LogP contribution in [0.25, 0.3) is 0 Å². The smallest absolute Gasteiger partial charge is 0.0470 e. The topological polar surface area (TPSA) is 29.3 Å². The molecule has 0 aliphatic heterocycles. The van der Waals surface area contributed by atoms with Crippen molar-refractivity contribution in [2.45, 2.75) is 6.54 Å². The van der Waals surface area contributed by atoms with Gasteiger partial charge < -0.3 is 0 Å². The van der Waals surface area contributed by atoms with E-state index in [1.807, 2.05) is 13.1 Å². The Morgan fingerprint density at radius 3 is 3.00 bits per heavy atom. The summed E-state index contributed by atoms with van der Waals surface area (Å²) in [5.74, 6) is 5.42. The zero-order chi connectivity index (χ0) is 6.69. The molecule has 1 heterocycles. The van der Waals surface area contributed by atoms with E-state index in [2.05, 4.69) is 11.4 Å². The number of hydrogen-bond donors (Lipinski definition) is 1. The fourth-order valence-electron chi connectivity index (χ4n) is 0.648. The van der Waals surface area contributed by atoms with Gasteiger partial charge in [0.1, 0.15) is 0 Å². The van der Waals surface area contributed by atoms with Crippen molar-refractivity contribution >= 4 is 11.3 Å². The average Bonchev–Trinajstić information content (AvgIpc) is 2.15. The Morgan fingerprint density at radius 2 is 2.56 bits per heavy atom. The van der Waals surface area contributed by atoms with Crippen LogP contribution in [0, 0.1) is 0 Å². The van der Waals surface area contributed by atoms with Crippen molar-refractivity contribution in [1.82, 2.24) is 5.01 Å². The molecule has 0 aromatic carbocycles. The van der Waals surface area contributed by atoms with E-state index in [1.165, 1.54) is 4.88 Å². The van der Waals surface area contributed by atoms with Gasteiger partial charge in [0, 0.05) is 18.5 Å². The molecular formula is C6H10N2S. The molecule has 0 saturated carbocycles. The van der Waals surface area contributed by atoms with E-state index in [0.717, 1.165) is 6.54 Å². The van der Waals surface area contributed by atoms with Crippen LogP contribution in [-0.2, 0) is 6.54 Å². The van der Waals surface area contributed by atoms with Gasteiger partial charge in [-0.1, -0.05) is 6.07 Å². The Hall–Kier alpha value is -0.380. The maximum absolute atomic E-state index is 5.42. The first-order valence-corrected chi connectivity index (χ1v) is 3.65. The number of rotatable bonds is 2. The van der Waals surface area contributed by atoms with E-state index in [0.29, 0.717) is 0 Å². The zero-order valence-electron chi connectivity index (χ0n) is 5.37. The lowest BCUT2D eigenvalue weighted by molar-refractivity contribution is 0.345. The van der Waals surface area contributed by atoms with Crippen LogP contribution in [0.2, 0.25) is 0 Å². The van der Waals surface area contributed by atoms with Crippen molar-refractivity contribution in [1.29, 1.82) is 0 Å². The van der Waals surface area contributed by atoms with Gasteiger partial charge >= 0.3 is 0 Å². The molecule has 0 radical (unpaired) electrons. The highest BCUT2D eigenvalue weighted by molar-refractivity contribution is 7.09. The summed E-state index contributed by atoms with van der Waals surface area (Å²) >= 11 is 1.73. The molecule has 0 spiro atoms. The van der Waals surface area contributed by atoms with Crippen molar-refractivity contribution in [2.24, 2.45) is 5.84 Å². The predicted octanol–water partition coefficient (Wildman–Crippen LogP) is 1.05. The third kappa shape index (κ3) is 2.13. The molecule has 0 saturated heterocycles. The van der Waals surface area contributed by atoms with Gasteiger partial charge in [0.25, 0.3) is 0 Å². The molecule has 1 aromatic rings. The van der Waals surface area contributed by atoms with Crippen LogP contribution in [0.4, 0.5) is 0 Å². The quantitative estimate of drug-likeness (QED) is 0.494. The summed E-state index contributed by atoms with van der Waals surface area (Å²) in [6.07, 6.45) is 0. The minimum atomic E-state index is 0.845. The van der Waals surface area contributed by atoms with Crippen LogP contribution < -0.4 is 5.84 Å². The zero-order valence-corrected chi connectivity index (χ0v) is 6.19. The maximum atomic E-state index is 5.42. The van der Waals surface area contributed by atoms with Crippen molar-refractivity contribution in [2.75, 3.05) is 7.05 Å². The van der Waals surface area contributed by atoms with Crippen molar-refractivity contribution < 1.29 is 0 Å². The Kier molecular flexibility index (Phi) is 2.22. The third-order valence-corrected chi connectivity index (χ3v) is 1.85. The highest BCUT2D eigenvalue weighted by Gasteiger charge is 1.93. The van der Waals surface area contributed by atoms with E-state index in [1.54, 1.807) is 16.3 Å². The maximum Gasteiger partial charge on any atom is 0.0470 e. The second-order valence-electron chi connectivity index (χ2n) is 1.99. The molecule has 2 N–H and O–H groups in total.